The molecule has 9 heteroatoms. The second kappa shape index (κ2) is 12.5. The van der Waals surface area contributed by atoms with Gasteiger partial charge in [-0.05, 0) is 49.4 Å². The highest BCUT2D eigenvalue weighted by atomic mass is 32.2. The number of rotatable bonds is 12. The molecule has 3 N–H and O–H groups in total. The molecule has 0 aliphatic heterocycles. The highest BCUT2D eigenvalue weighted by Crippen LogP contribution is 2.29. The van der Waals surface area contributed by atoms with Crippen molar-refractivity contribution < 1.29 is 13.2 Å². The number of amides is 1. The third-order valence-electron chi connectivity index (χ3n) is 6.84. The summed E-state index contributed by atoms with van der Waals surface area (Å²) >= 11 is 0. The first-order valence-electron chi connectivity index (χ1n) is 13.6. The van der Waals surface area contributed by atoms with Crippen molar-refractivity contribution in [1.29, 1.82) is 0 Å². The van der Waals surface area contributed by atoms with E-state index in [0.717, 1.165) is 65.9 Å². The Balaban J connectivity index is 1.65. The minimum absolute atomic E-state index is 0.0173. The van der Waals surface area contributed by atoms with Crippen molar-refractivity contribution in [3.05, 3.63) is 71.7 Å². The van der Waals surface area contributed by atoms with Crippen LogP contribution in [0.5, 0.6) is 0 Å². The quantitative estimate of drug-likeness (QED) is 0.233. The highest BCUT2D eigenvalue weighted by molar-refractivity contribution is 7.89. The number of nitrogens with zero attached hydrogens (tertiary/aromatic N) is 3. The second-order valence-corrected chi connectivity index (χ2v) is 11.4. The molecule has 4 rings (SSSR count). The molecule has 39 heavy (non-hydrogen) atoms. The molecule has 0 aliphatic carbocycles. The molecule has 206 valence electrons. The van der Waals surface area contributed by atoms with Crippen molar-refractivity contribution in [3.8, 4) is 11.1 Å². The largest absolute Gasteiger partial charge is 0.324 e. The molecule has 0 bridgehead atoms. The molecule has 2 aromatic carbocycles. The van der Waals surface area contributed by atoms with Gasteiger partial charge < -0.3 is 9.88 Å². The molecule has 4 aromatic rings. The van der Waals surface area contributed by atoms with Crippen LogP contribution < -0.4 is 10.5 Å². The molecule has 0 saturated carbocycles. The number of aromatic nitrogens is 3. The Morgan fingerprint density at radius 3 is 2.41 bits per heavy atom. The van der Waals surface area contributed by atoms with E-state index in [4.69, 9.17) is 15.1 Å². The van der Waals surface area contributed by atoms with E-state index >= 15 is 0 Å². The summed E-state index contributed by atoms with van der Waals surface area (Å²) in [6, 6.07) is 16.7. The van der Waals surface area contributed by atoms with Gasteiger partial charge in [0, 0.05) is 24.9 Å². The molecular weight excluding hydrogens is 510 g/mol. The number of nitrogens with one attached hydrogen (secondary N) is 1. The smallest absolute Gasteiger partial charge is 0.238 e. The van der Waals surface area contributed by atoms with Gasteiger partial charge in [0.15, 0.2) is 5.65 Å². The van der Waals surface area contributed by atoms with E-state index in [1.165, 1.54) is 0 Å². The molecule has 2 heterocycles. The van der Waals surface area contributed by atoms with Gasteiger partial charge in [-0.3, -0.25) is 4.79 Å². The van der Waals surface area contributed by atoms with Crippen LogP contribution in [0.3, 0.4) is 0 Å². The van der Waals surface area contributed by atoms with E-state index in [-0.39, 0.29) is 10.8 Å². The summed E-state index contributed by atoms with van der Waals surface area (Å²) in [5.74, 6) is 0.914. The van der Waals surface area contributed by atoms with Crippen LogP contribution in [0.1, 0.15) is 63.0 Å². The summed E-state index contributed by atoms with van der Waals surface area (Å²) in [6.45, 7) is 6.67. The molecule has 0 atom stereocenters. The normalized spacial score (nSPS) is 11.7. The van der Waals surface area contributed by atoms with Crippen molar-refractivity contribution in [2.24, 2.45) is 5.14 Å². The lowest BCUT2D eigenvalue weighted by molar-refractivity contribution is -0.116. The van der Waals surface area contributed by atoms with Crippen LogP contribution in [-0.4, -0.2) is 28.9 Å². The summed E-state index contributed by atoms with van der Waals surface area (Å²) in [5.41, 5.74) is 5.17. The van der Waals surface area contributed by atoms with Gasteiger partial charge in [0.05, 0.1) is 16.3 Å². The zero-order valence-electron chi connectivity index (χ0n) is 22.9. The van der Waals surface area contributed by atoms with E-state index < -0.39 is 10.0 Å². The van der Waals surface area contributed by atoms with Gasteiger partial charge in [-0.1, -0.05) is 69.2 Å². The molecule has 1 amide bonds. The Bertz CT molecular complexity index is 1560. The molecule has 2 aromatic heterocycles. The second-order valence-electron chi connectivity index (χ2n) is 9.89. The predicted molar refractivity (Wildman–Crippen MR) is 156 cm³/mol. The number of unbranched alkanes of at least 4 members (excludes halogenated alkanes) is 2. The van der Waals surface area contributed by atoms with Crippen molar-refractivity contribution in [1.82, 2.24) is 14.5 Å². The number of imidazole rings is 1. The van der Waals surface area contributed by atoms with Crippen LogP contribution in [0.4, 0.5) is 5.69 Å². The number of fused-ring (bicyclic) bond motifs is 1. The summed E-state index contributed by atoms with van der Waals surface area (Å²) in [6.07, 6.45) is 5.70. The number of primary sulfonamides is 1. The minimum Gasteiger partial charge on any atom is -0.324 e. The van der Waals surface area contributed by atoms with E-state index in [0.29, 0.717) is 30.6 Å². The van der Waals surface area contributed by atoms with E-state index in [9.17, 15) is 13.2 Å². The van der Waals surface area contributed by atoms with Gasteiger partial charge in [0.2, 0.25) is 15.9 Å². The molecule has 0 aliphatic rings. The molecule has 0 saturated heterocycles. The summed E-state index contributed by atoms with van der Waals surface area (Å²) in [5, 5.41) is 8.60. The topological polar surface area (TPSA) is 120 Å². The summed E-state index contributed by atoms with van der Waals surface area (Å²) in [7, 11) is -3.92. The van der Waals surface area contributed by atoms with E-state index in [2.05, 4.69) is 23.7 Å². The fourth-order valence-corrected chi connectivity index (χ4v) is 5.48. The number of hydrogen-bond donors (Lipinski definition) is 2. The number of sulfonamides is 1. The van der Waals surface area contributed by atoms with E-state index in [1.807, 2.05) is 55.5 Å². The summed E-state index contributed by atoms with van der Waals surface area (Å²) < 4.78 is 27.1. The van der Waals surface area contributed by atoms with Crippen molar-refractivity contribution >= 4 is 32.8 Å². The number of hydrogen-bond acceptors (Lipinski definition) is 5. The predicted octanol–water partition coefficient (Wildman–Crippen LogP) is 5.77. The average molecular weight is 548 g/mol. The van der Waals surface area contributed by atoms with Gasteiger partial charge in [0.1, 0.15) is 11.3 Å². The molecular formula is C30H37N5O3S. The SMILES string of the molecule is CCCCC(=O)Nc1cc2nc(CCCC)n(CCc3ccc(-c4ccccc4)c(S(N)(=O)=O)c3)c2nc1C. The van der Waals surface area contributed by atoms with Gasteiger partial charge in [-0.15, -0.1) is 0 Å². The van der Waals surface area contributed by atoms with Crippen molar-refractivity contribution in [2.75, 3.05) is 5.32 Å². The Hall–Kier alpha value is -3.56. The lowest BCUT2D eigenvalue weighted by Gasteiger charge is -2.13. The molecule has 0 radical (unpaired) electrons. The molecule has 8 nitrogen and oxygen atoms in total. The maximum Gasteiger partial charge on any atom is 0.238 e. The van der Waals surface area contributed by atoms with E-state index in [1.54, 1.807) is 6.07 Å². The van der Waals surface area contributed by atoms with Gasteiger partial charge >= 0.3 is 0 Å². The van der Waals surface area contributed by atoms with Crippen LogP contribution in [0.15, 0.2) is 59.5 Å². The van der Waals surface area contributed by atoms with Crippen LogP contribution in [0.25, 0.3) is 22.3 Å². The first kappa shape index (κ1) is 28.4. The van der Waals surface area contributed by atoms with Crippen LogP contribution in [-0.2, 0) is 34.2 Å². The Morgan fingerprint density at radius 2 is 1.72 bits per heavy atom. The first-order chi connectivity index (χ1) is 18.7. The number of aryl methyl sites for hydroxylation is 4. The maximum atomic E-state index is 12.5. The third-order valence-corrected chi connectivity index (χ3v) is 7.79. The number of anilines is 1. The monoisotopic (exact) mass is 547 g/mol. The van der Waals surface area contributed by atoms with Crippen LogP contribution >= 0.6 is 0 Å². The lowest BCUT2D eigenvalue weighted by Crippen LogP contribution is -2.14. The number of nitrogens with two attached hydrogens (primary N) is 1. The fourth-order valence-electron chi connectivity index (χ4n) is 4.68. The summed E-state index contributed by atoms with van der Waals surface area (Å²) in [4.78, 5) is 22.2. The Labute approximate surface area is 230 Å². The van der Waals surface area contributed by atoms with Crippen LogP contribution in [0, 0.1) is 6.92 Å². The number of carbonyl (C=O) groups excluding carboxylic acids is 1. The van der Waals surface area contributed by atoms with Crippen molar-refractivity contribution in [2.45, 2.75) is 77.2 Å². The zero-order chi connectivity index (χ0) is 28.0. The number of carbonyl (C=O) groups is 1. The highest BCUT2D eigenvalue weighted by Gasteiger charge is 2.18. The number of pyridine rings is 1. The molecule has 0 unspecified atom stereocenters. The van der Waals surface area contributed by atoms with Crippen LogP contribution in [0.2, 0.25) is 0 Å². The maximum absolute atomic E-state index is 12.5. The first-order valence-corrected chi connectivity index (χ1v) is 15.1. The standard InChI is InChI=1S/C30H37N5O3S/c1-4-6-13-28-33-26-20-25(34-29(36)14-7-5-2)21(3)32-30(26)35(28)18-17-22-15-16-24(23-11-9-8-10-12-23)27(19-22)39(31,37)38/h8-12,15-16,19-20H,4-7,13-14,17-18H2,1-3H3,(H,34,36)(H2,31,37,38). The number of benzene rings is 2. The average Bonchev–Trinajstić information content (AvgIpc) is 3.25. The fraction of sp³-hybridized carbons (Fsp3) is 0.367. The third kappa shape index (κ3) is 6.91. The zero-order valence-corrected chi connectivity index (χ0v) is 23.7. The van der Waals surface area contributed by atoms with Gasteiger partial charge in [-0.2, -0.15) is 0 Å². The Kier molecular flexibility index (Phi) is 9.14. The molecule has 0 fully saturated rings. The Morgan fingerprint density at radius 1 is 0.974 bits per heavy atom. The molecule has 0 spiro atoms. The lowest BCUT2D eigenvalue weighted by atomic mass is 10.0. The van der Waals surface area contributed by atoms with Gasteiger partial charge in [-0.25, -0.2) is 23.5 Å². The minimum atomic E-state index is -3.92. The van der Waals surface area contributed by atoms with Crippen molar-refractivity contribution in [3.63, 3.8) is 0 Å². The van der Waals surface area contributed by atoms with Gasteiger partial charge in [0.25, 0.3) is 0 Å².